The third kappa shape index (κ3) is 2.06. The largest absolute Gasteiger partial charge is 0.396 e. The fourth-order valence-corrected chi connectivity index (χ4v) is 3.52. The van der Waals surface area contributed by atoms with Crippen molar-refractivity contribution in [2.75, 3.05) is 19.7 Å². The summed E-state index contributed by atoms with van der Waals surface area (Å²) < 4.78 is 0. The van der Waals surface area contributed by atoms with E-state index >= 15 is 0 Å². The Morgan fingerprint density at radius 1 is 1.21 bits per heavy atom. The Balaban J connectivity index is 1.83. The van der Waals surface area contributed by atoms with E-state index in [2.05, 4.69) is 12.1 Å². The van der Waals surface area contributed by atoms with Gasteiger partial charge in [0.05, 0.1) is 5.41 Å². The molecule has 3 heteroatoms. The molecule has 1 heterocycles. The van der Waals surface area contributed by atoms with Crippen LogP contribution in [0, 0.1) is 5.92 Å². The third-order valence-electron chi connectivity index (χ3n) is 4.70. The summed E-state index contributed by atoms with van der Waals surface area (Å²) in [4.78, 5) is 14.8. The summed E-state index contributed by atoms with van der Waals surface area (Å²) in [7, 11) is 0. The number of rotatable bonds is 3. The maximum atomic E-state index is 12.9. The predicted molar refractivity (Wildman–Crippen MR) is 73.7 cm³/mol. The lowest BCUT2D eigenvalue weighted by molar-refractivity contribution is -0.144. The Morgan fingerprint density at radius 2 is 1.84 bits per heavy atom. The van der Waals surface area contributed by atoms with Gasteiger partial charge in [0.15, 0.2) is 0 Å². The van der Waals surface area contributed by atoms with Crippen LogP contribution < -0.4 is 0 Å². The lowest BCUT2D eigenvalue weighted by Crippen LogP contribution is -2.57. The number of aliphatic hydroxyl groups is 1. The minimum Gasteiger partial charge on any atom is -0.396 e. The highest BCUT2D eigenvalue weighted by atomic mass is 16.3. The van der Waals surface area contributed by atoms with Gasteiger partial charge in [-0.05, 0) is 18.4 Å². The van der Waals surface area contributed by atoms with Gasteiger partial charge in [-0.15, -0.1) is 0 Å². The van der Waals surface area contributed by atoms with Crippen LogP contribution in [-0.4, -0.2) is 35.6 Å². The standard InChI is InChI=1S/C16H21NO2/c18-12-13-10-17(11-13)15(19)16(8-4-5-9-16)14-6-2-1-3-7-14/h1-3,6-7,13,18H,4-5,8-12H2. The molecule has 1 aromatic carbocycles. The van der Waals surface area contributed by atoms with Crippen molar-refractivity contribution in [1.29, 1.82) is 0 Å². The van der Waals surface area contributed by atoms with Crippen molar-refractivity contribution in [3.05, 3.63) is 35.9 Å². The minimum atomic E-state index is -0.290. The summed E-state index contributed by atoms with van der Waals surface area (Å²) in [6.45, 7) is 1.65. The van der Waals surface area contributed by atoms with Crippen molar-refractivity contribution in [3.8, 4) is 0 Å². The Kier molecular flexibility index (Phi) is 3.31. The van der Waals surface area contributed by atoms with Crippen LogP contribution in [0.25, 0.3) is 0 Å². The van der Waals surface area contributed by atoms with E-state index in [-0.39, 0.29) is 23.8 Å². The van der Waals surface area contributed by atoms with Crippen LogP contribution >= 0.6 is 0 Å². The van der Waals surface area contributed by atoms with Gasteiger partial charge in [-0.25, -0.2) is 0 Å². The zero-order chi connectivity index (χ0) is 13.3. The van der Waals surface area contributed by atoms with Crippen molar-refractivity contribution < 1.29 is 9.90 Å². The second kappa shape index (κ2) is 4.97. The summed E-state index contributed by atoms with van der Waals surface area (Å²) in [6.07, 6.45) is 4.21. The van der Waals surface area contributed by atoms with Crippen LogP contribution in [0.3, 0.4) is 0 Å². The van der Waals surface area contributed by atoms with Crippen molar-refractivity contribution >= 4 is 5.91 Å². The Bertz CT molecular complexity index is 445. The predicted octanol–water partition coefficient (Wildman–Crippen LogP) is 1.95. The highest BCUT2D eigenvalue weighted by Gasteiger charge is 2.47. The molecule has 1 aliphatic carbocycles. The third-order valence-corrected chi connectivity index (χ3v) is 4.70. The van der Waals surface area contributed by atoms with Crippen molar-refractivity contribution in [3.63, 3.8) is 0 Å². The Labute approximate surface area is 114 Å². The molecule has 0 bridgehead atoms. The number of benzene rings is 1. The van der Waals surface area contributed by atoms with Gasteiger partial charge >= 0.3 is 0 Å². The molecule has 1 aliphatic heterocycles. The highest BCUT2D eigenvalue weighted by Crippen LogP contribution is 2.43. The molecule has 3 nitrogen and oxygen atoms in total. The number of carbonyl (C=O) groups is 1. The molecule has 19 heavy (non-hydrogen) atoms. The monoisotopic (exact) mass is 259 g/mol. The molecule has 0 aromatic heterocycles. The van der Waals surface area contributed by atoms with E-state index in [9.17, 15) is 4.79 Å². The molecule has 1 aromatic rings. The normalized spacial score (nSPS) is 22.3. The summed E-state index contributed by atoms with van der Waals surface area (Å²) in [5, 5.41) is 9.09. The first-order valence-corrected chi connectivity index (χ1v) is 7.22. The second-order valence-electron chi connectivity index (χ2n) is 5.91. The van der Waals surface area contributed by atoms with E-state index < -0.39 is 0 Å². The minimum absolute atomic E-state index is 0.197. The van der Waals surface area contributed by atoms with Gasteiger partial charge in [-0.2, -0.15) is 0 Å². The van der Waals surface area contributed by atoms with E-state index in [1.54, 1.807) is 0 Å². The molecule has 0 atom stereocenters. The Hall–Kier alpha value is -1.35. The van der Waals surface area contributed by atoms with Crippen molar-refractivity contribution in [2.45, 2.75) is 31.1 Å². The molecule has 1 saturated carbocycles. The zero-order valence-electron chi connectivity index (χ0n) is 11.2. The second-order valence-corrected chi connectivity index (χ2v) is 5.91. The molecule has 3 rings (SSSR count). The number of hydrogen-bond donors (Lipinski definition) is 1. The first kappa shape index (κ1) is 12.7. The fourth-order valence-electron chi connectivity index (χ4n) is 3.52. The maximum absolute atomic E-state index is 12.9. The maximum Gasteiger partial charge on any atom is 0.233 e. The van der Waals surface area contributed by atoms with Gasteiger partial charge in [0.25, 0.3) is 0 Å². The average molecular weight is 259 g/mol. The van der Waals surface area contributed by atoms with Crippen LogP contribution in [0.4, 0.5) is 0 Å². The summed E-state index contributed by atoms with van der Waals surface area (Å²) in [6, 6.07) is 10.2. The highest BCUT2D eigenvalue weighted by molar-refractivity contribution is 5.89. The van der Waals surface area contributed by atoms with E-state index in [1.807, 2.05) is 23.1 Å². The molecule has 1 amide bonds. The van der Waals surface area contributed by atoms with Crippen LogP contribution in [0.2, 0.25) is 0 Å². The van der Waals surface area contributed by atoms with E-state index in [0.29, 0.717) is 0 Å². The number of nitrogens with zero attached hydrogens (tertiary/aromatic N) is 1. The summed E-state index contributed by atoms with van der Waals surface area (Å²) in [5.41, 5.74) is 0.881. The van der Waals surface area contributed by atoms with Crippen LogP contribution in [0.5, 0.6) is 0 Å². The Morgan fingerprint density at radius 3 is 2.42 bits per heavy atom. The molecule has 1 saturated heterocycles. The van der Waals surface area contributed by atoms with Gasteiger partial charge in [0, 0.05) is 25.6 Å². The van der Waals surface area contributed by atoms with E-state index in [1.165, 1.54) is 5.56 Å². The molecule has 0 unspecified atom stereocenters. The number of likely N-dealkylation sites (tertiary alicyclic amines) is 1. The molecule has 1 N–H and O–H groups in total. The number of aliphatic hydroxyl groups excluding tert-OH is 1. The smallest absolute Gasteiger partial charge is 0.233 e. The number of hydrogen-bond acceptors (Lipinski definition) is 2. The molecular formula is C16H21NO2. The van der Waals surface area contributed by atoms with Gasteiger partial charge < -0.3 is 10.0 Å². The first-order valence-electron chi connectivity index (χ1n) is 7.22. The van der Waals surface area contributed by atoms with Crippen LogP contribution in [-0.2, 0) is 10.2 Å². The number of carbonyl (C=O) groups excluding carboxylic acids is 1. The molecule has 0 spiro atoms. The van der Waals surface area contributed by atoms with Gasteiger partial charge in [-0.3, -0.25) is 4.79 Å². The number of amides is 1. The van der Waals surface area contributed by atoms with Crippen LogP contribution in [0.15, 0.2) is 30.3 Å². The SMILES string of the molecule is O=C(N1CC(CO)C1)C1(c2ccccc2)CCCC1. The quantitative estimate of drug-likeness (QED) is 0.901. The van der Waals surface area contributed by atoms with Gasteiger partial charge in [0.1, 0.15) is 0 Å². The molecule has 2 fully saturated rings. The molecule has 2 aliphatic rings. The topological polar surface area (TPSA) is 40.5 Å². The molecule has 102 valence electrons. The van der Waals surface area contributed by atoms with Crippen LogP contribution in [0.1, 0.15) is 31.2 Å². The first-order chi connectivity index (χ1) is 9.26. The van der Waals surface area contributed by atoms with Crippen molar-refractivity contribution in [2.24, 2.45) is 5.92 Å². The van der Waals surface area contributed by atoms with E-state index in [4.69, 9.17) is 5.11 Å². The zero-order valence-corrected chi connectivity index (χ0v) is 11.2. The van der Waals surface area contributed by atoms with Gasteiger partial charge in [0.2, 0.25) is 5.91 Å². The van der Waals surface area contributed by atoms with Gasteiger partial charge in [-0.1, -0.05) is 43.2 Å². The summed E-state index contributed by atoms with van der Waals surface area (Å²) in [5.74, 6) is 0.569. The lowest BCUT2D eigenvalue weighted by Gasteiger charge is -2.43. The lowest BCUT2D eigenvalue weighted by atomic mass is 9.76. The average Bonchev–Trinajstić information content (AvgIpc) is 2.89. The molecular weight excluding hydrogens is 238 g/mol. The molecule has 0 radical (unpaired) electrons. The van der Waals surface area contributed by atoms with Crippen molar-refractivity contribution in [1.82, 2.24) is 4.90 Å². The van der Waals surface area contributed by atoms with E-state index in [0.717, 1.165) is 38.8 Å². The fraction of sp³-hybridized carbons (Fsp3) is 0.562. The summed E-state index contributed by atoms with van der Waals surface area (Å²) >= 11 is 0.